The highest BCUT2D eigenvalue weighted by atomic mass is 16.1. The van der Waals surface area contributed by atoms with E-state index in [1.54, 1.807) is 17.0 Å². The highest BCUT2D eigenvalue weighted by molar-refractivity contribution is 5.77. The molecule has 5 nitrogen and oxygen atoms in total. The van der Waals surface area contributed by atoms with Gasteiger partial charge in [0, 0.05) is 19.5 Å². The van der Waals surface area contributed by atoms with E-state index in [2.05, 4.69) is 22.4 Å². The Morgan fingerprint density at radius 1 is 0.963 bits per heavy atom. The maximum absolute atomic E-state index is 12.4. The lowest BCUT2D eigenvalue weighted by Crippen LogP contribution is -2.25. The number of aryl methyl sites for hydroxylation is 1. The predicted molar refractivity (Wildman–Crippen MR) is 108 cm³/mol. The number of aromatic nitrogens is 2. The normalized spacial score (nSPS) is 10.8. The number of nitrogens with zero attached hydrogens (tertiary/aromatic N) is 2. The molecular formula is C22H25N3O2. The fourth-order valence-electron chi connectivity index (χ4n) is 3.09. The van der Waals surface area contributed by atoms with Crippen LogP contribution < -0.4 is 10.9 Å². The van der Waals surface area contributed by atoms with Gasteiger partial charge in [-0.15, -0.1) is 0 Å². The zero-order valence-electron chi connectivity index (χ0n) is 15.4. The van der Waals surface area contributed by atoms with E-state index >= 15 is 0 Å². The van der Waals surface area contributed by atoms with Gasteiger partial charge < -0.3 is 5.32 Å². The molecule has 3 aromatic rings. The maximum atomic E-state index is 12.4. The first-order valence-electron chi connectivity index (χ1n) is 9.49. The van der Waals surface area contributed by atoms with Crippen LogP contribution in [0.2, 0.25) is 0 Å². The summed E-state index contributed by atoms with van der Waals surface area (Å²) in [6.45, 7) is 1.30. The summed E-state index contributed by atoms with van der Waals surface area (Å²) in [7, 11) is 0. The van der Waals surface area contributed by atoms with Crippen LogP contribution in [0.25, 0.3) is 10.9 Å². The highest BCUT2D eigenvalue weighted by Crippen LogP contribution is 2.06. The maximum Gasteiger partial charge on any atom is 0.261 e. The first-order chi connectivity index (χ1) is 13.2. The Balaban J connectivity index is 1.34. The summed E-state index contributed by atoms with van der Waals surface area (Å²) in [4.78, 5) is 28.6. The van der Waals surface area contributed by atoms with Gasteiger partial charge in [-0.3, -0.25) is 14.2 Å². The molecule has 0 aliphatic rings. The number of amides is 1. The monoisotopic (exact) mass is 363 g/mol. The van der Waals surface area contributed by atoms with Gasteiger partial charge in [0.25, 0.3) is 5.56 Å². The third-order valence-corrected chi connectivity index (χ3v) is 4.61. The fraction of sp³-hybridized carbons (Fsp3) is 0.318. The molecule has 0 aliphatic heterocycles. The van der Waals surface area contributed by atoms with E-state index in [1.807, 2.05) is 36.4 Å². The molecule has 0 radical (unpaired) electrons. The topological polar surface area (TPSA) is 64.0 Å². The molecule has 0 atom stereocenters. The quantitative estimate of drug-likeness (QED) is 0.593. The number of fused-ring (bicyclic) bond motifs is 1. The molecule has 27 heavy (non-hydrogen) atoms. The van der Waals surface area contributed by atoms with Crippen molar-refractivity contribution in [3.63, 3.8) is 0 Å². The van der Waals surface area contributed by atoms with Gasteiger partial charge in [-0.25, -0.2) is 4.98 Å². The average Bonchev–Trinajstić information content (AvgIpc) is 2.70. The summed E-state index contributed by atoms with van der Waals surface area (Å²) in [5.41, 5.74) is 1.96. The Kier molecular flexibility index (Phi) is 6.74. The molecule has 0 spiro atoms. The number of unbranched alkanes of at least 4 members (excludes halogenated alkanes) is 2. The molecule has 5 heteroatoms. The molecule has 0 aliphatic carbocycles. The van der Waals surface area contributed by atoms with Crippen LogP contribution in [0.5, 0.6) is 0 Å². The van der Waals surface area contributed by atoms with E-state index in [9.17, 15) is 9.59 Å². The van der Waals surface area contributed by atoms with Crippen molar-refractivity contribution >= 4 is 16.8 Å². The molecule has 1 heterocycles. The number of carbonyl (C=O) groups excluding carboxylic acids is 1. The minimum atomic E-state index is -0.000690. The molecule has 2 aromatic carbocycles. The van der Waals surface area contributed by atoms with Crippen LogP contribution in [0.1, 0.15) is 31.2 Å². The molecular weight excluding hydrogens is 338 g/mol. The second kappa shape index (κ2) is 9.67. The van der Waals surface area contributed by atoms with Crippen molar-refractivity contribution in [1.29, 1.82) is 0 Å². The number of rotatable bonds is 9. The van der Waals surface area contributed by atoms with Crippen LogP contribution in [-0.2, 0) is 17.8 Å². The number of benzene rings is 2. The van der Waals surface area contributed by atoms with E-state index in [1.165, 1.54) is 5.56 Å². The Hall–Kier alpha value is -2.95. The van der Waals surface area contributed by atoms with E-state index in [4.69, 9.17) is 0 Å². The van der Waals surface area contributed by atoms with E-state index in [-0.39, 0.29) is 11.5 Å². The molecule has 140 valence electrons. The van der Waals surface area contributed by atoms with Crippen LogP contribution in [-0.4, -0.2) is 22.0 Å². The summed E-state index contributed by atoms with van der Waals surface area (Å²) in [5.74, 6) is 0.0930. The third-order valence-electron chi connectivity index (χ3n) is 4.61. The van der Waals surface area contributed by atoms with Crippen molar-refractivity contribution in [3.05, 3.63) is 76.8 Å². The summed E-state index contributed by atoms with van der Waals surface area (Å²) < 4.78 is 1.66. The Morgan fingerprint density at radius 2 is 1.74 bits per heavy atom. The van der Waals surface area contributed by atoms with Gasteiger partial charge in [-0.05, 0) is 37.0 Å². The molecule has 1 amide bonds. The second-order valence-electron chi connectivity index (χ2n) is 6.66. The average molecular weight is 363 g/mol. The van der Waals surface area contributed by atoms with Gasteiger partial charge in [0.2, 0.25) is 5.91 Å². The predicted octanol–water partition coefficient (Wildman–Crippen LogP) is 3.32. The summed E-state index contributed by atoms with van der Waals surface area (Å²) in [5, 5.41) is 3.62. The first kappa shape index (κ1) is 18.8. The fourth-order valence-corrected chi connectivity index (χ4v) is 3.09. The van der Waals surface area contributed by atoms with Crippen molar-refractivity contribution in [3.8, 4) is 0 Å². The minimum Gasteiger partial charge on any atom is -0.356 e. The SMILES string of the molecule is O=C(CCCCCn1cnc2ccccc2c1=O)NCCc1ccccc1. The highest BCUT2D eigenvalue weighted by Gasteiger charge is 2.04. The van der Waals surface area contributed by atoms with Crippen LogP contribution in [0.15, 0.2) is 65.7 Å². The van der Waals surface area contributed by atoms with Crippen LogP contribution >= 0.6 is 0 Å². The number of hydrogen-bond acceptors (Lipinski definition) is 3. The minimum absolute atomic E-state index is 0.000690. The van der Waals surface area contributed by atoms with Crippen LogP contribution in [0.4, 0.5) is 0 Å². The van der Waals surface area contributed by atoms with Crippen LogP contribution in [0, 0.1) is 0 Å². The third kappa shape index (κ3) is 5.51. The van der Waals surface area contributed by atoms with Crippen LogP contribution in [0.3, 0.4) is 0 Å². The largest absolute Gasteiger partial charge is 0.356 e. The van der Waals surface area contributed by atoms with Gasteiger partial charge in [0.05, 0.1) is 17.2 Å². The van der Waals surface area contributed by atoms with E-state index in [0.717, 1.165) is 31.2 Å². The number of nitrogens with one attached hydrogen (secondary N) is 1. The van der Waals surface area contributed by atoms with Crippen molar-refractivity contribution in [2.24, 2.45) is 0 Å². The molecule has 1 aromatic heterocycles. The Bertz CT molecular complexity index is 935. The summed E-state index contributed by atoms with van der Waals surface area (Å²) in [6.07, 6.45) is 5.58. The lowest BCUT2D eigenvalue weighted by atomic mass is 10.1. The van der Waals surface area contributed by atoms with Gasteiger partial charge in [0.15, 0.2) is 0 Å². The number of hydrogen-bond donors (Lipinski definition) is 1. The summed E-state index contributed by atoms with van der Waals surface area (Å²) >= 11 is 0. The molecule has 0 bridgehead atoms. The first-order valence-corrected chi connectivity index (χ1v) is 9.49. The Labute approximate surface area is 159 Å². The smallest absolute Gasteiger partial charge is 0.261 e. The lowest BCUT2D eigenvalue weighted by molar-refractivity contribution is -0.121. The van der Waals surface area contributed by atoms with Gasteiger partial charge in [0.1, 0.15) is 0 Å². The van der Waals surface area contributed by atoms with Crippen molar-refractivity contribution in [2.45, 2.75) is 38.6 Å². The van der Waals surface area contributed by atoms with E-state index < -0.39 is 0 Å². The zero-order valence-corrected chi connectivity index (χ0v) is 15.4. The second-order valence-corrected chi connectivity index (χ2v) is 6.66. The lowest BCUT2D eigenvalue weighted by Gasteiger charge is -2.07. The number of carbonyl (C=O) groups is 1. The Morgan fingerprint density at radius 3 is 2.59 bits per heavy atom. The van der Waals surface area contributed by atoms with Crippen molar-refractivity contribution < 1.29 is 4.79 Å². The van der Waals surface area contributed by atoms with E-state index in [0.29, 0.717) is 24.9 Å². The standard InChI is InChI=1S/C22H25N3O2/c26-21(23-15-14-18-9-3-1-4-10-18)13-5-2-8-16-25-17-24-20-12-7-6-11-19(20)22(25)27/h1,3-4,6-7,9-12,17H,2,5,8,13-16H2,(H,23,26). The molecule has 0 saturated heterocycles. The van der Waals surface area contributed by atoms with Crippen molar-refractivity contribution in [2.75, 3.05) is 6.54 Å². The van der Waals surface area contributed by atoms with Gasteiger partial charge in [-0.1, -0.05) is 48.9 Å². The van der Waals surface area contributed by atoms with Crippen molar-refractivity contribution in [1.82, 2.24) is 14.9 Å². The van der Waals surface area contributed by atoms with Gasteiger partial charge in [-0.2, -0.15) is 0 Å². The molecule has 0 fully saturated rings. The number of para-hydroxylation sites is 1. The molecule has 0 unspecified atom stereocenters. The summed E-state index contributed by atoms with van der Waals surface area (Å²) in [6, 6.07) is 17.5. The zero-order chi connectivity index (χ0) is 18.9. The van der Waals surface area contributed by atoms with Gasteiger partial charge >= 0.3 is 0 Å². The molecule has 0 saturated carbocycles. The molecule has 1 N–H and O–H groups in total. The molecule has 3 rings (SSSR count).